The third-order valence-electron chi connectivity index (χ3n) is 15.2. The molecule has 0 radical (unpaired) electrons. The summed E-state index contributed by atoms with van der Waals surface area (Å²) in [4.78, 5) is 30.7. The van der Waals surface area contributed by atoms with Gasteiger partial charge in [0, 0.05) is 37.7 Å². The van der Waals surface area contributed by atoms with E-state index >= 15 is 0 Å². The minimum atomic E-state index is -0.0748. The number of fused-ring (bicyclic) bond motifs is 5. The fourth-order valence-corrected chi connectivity index (χ4v) is 12.6. The second-order valence-electron chi connectivity index (χ2n) is 19.6. The largest absolute Gasteiger partial charge is 0.462 e. The molecule has 4 rings (SSSR count). The maximum Gasteiger partial charge on any atom is 0.306 e. The Bertz CT molecular complexity index is 1150. The summed E-state index contributed by atoms with van der Waals surface area (Å²) in [5.41, 5.74) is 2.38. The maximum absolute atomic E-state index is 13.3. The predicted octanol–water partition coefficient (Wildman–Crippen LogP) is 13.0. The fraction of sp³-hybridized carbons (Fsp3) is 0.915. The van der Waals surface area contributed by atoms with Crippen molar-refractivity contribution in [1.82, 2.24) is 9.80 Å². The summed E-state index contributed by atoms with van der Waals surface area (Å²) in [6, 6.07) is 0.345. The lowest BCUT2D eigenvalue weighted by atomic mass is 9.47. The first-order valence-electron chi connectivity index (χ1n) is 22.8. The second-order valence-corrected chi connectivity index (χ2v) is 20.6. The number of carbonyl (C=O) groups excluding carboxylic acids is 2. The van der Waals surface area contributed by atoms with Crippen LogP contribution in [0.2, 0.25) is 0 Å². The number of allylic oxidation sites excluding steroid dienone is 1. The smallest absolute Gasteiger partial charge is 0.306 e. The number of rotatable bonds is 22. The van der Waals surface area contributed by atoms with Crippen molar-refractivity contribution in [3.05, 3.63) is 11.6 Å². The Morgan fingerprint density at radius 1 is 0.849 bits per heavy atom. The van der Waals surface area contributed by atoms with Crippen molar-refractivity contribution in [2.24, 2.45) is 46.3 Å². The van der Waals surface area contributed by atoms with Crippen LogP contribution >= 0.6 is 11.8 Å². The van der Waals surface area contributed by atoms with Crippen LogP contribution in [0.5, 0.6) is 0 Å². The molecular formula is C47H84N2O3S. The number of hydrogen-bond acceptors (Lipinski definition) is 5. The minimum Gasteiger partial charge on any atom is -0.462 e. The number of ether oxygens (including phenoxy) is 1. The van der Waals surface area contributed by atoms with E-state index in [1.54, 1.807) is 5.57 Å². The number of thioether (sulfide) groups is 1. The molecule has 0 aromatic rings. The van der Waals surface area contributed by atoms with Crippen molar-refractivity contribution in [2.75, 3.05) is 32.9 Å². The number of amides is 1. The Balaban J connectivity index is 1.25. The molecule has 0 spiro atoms. The number of unbranched alkanes of at least 4 members (excludes halogenated alkanes) is 7. The Hall–Kier alpha value is -1.01. The molecule has 0 N–H and O–H groups in total. The summed E-state index contributed by atoms with van der Waals surface area (Å²) >= 11 is 1.44. The van der Waals surface area contributed by atoms with Crippen LogP contribution in [-0.4, -0.2) is 66.1 Å². The van der Waals surface area contributed by atoms with E-state index in [4.69, 9.17) is 4.74 Å². The Morgan fingerprint density at radius 3 is 2.25 bits per heavy atom. The van der Waals surface area contributed by atoms with Gasteiger partial charge in [0.1, 0.15) is 6.10 Å². The average molecular weight is 757 g/mol. The molecule has 0 saturated heterocycles. The van der Waals surface area contributed by atoms with Gasteiger partial charge in [0.25, 0.3) is 5.24 Å². The summed E-state index contributed by atoms with van der Waals surface area (Å²) in [6.45, 7) is 18.5. The third kappa shape index (κ3) is 12.2. The molecule has 1 amide bonds. The number of hydrogen-bond donors (Lipinski definition) is 0. The van der Waals surface area contributed by atoms with Crippen LogP contribution < -0.4 is 0 Å². The van der Waals surface area contributed by atoms with Crippen molar-refractivity contribution < 1.29 is 14.3 Å². The molecule has 4 aliphatic carbocycles. The van der Waals surface area contributed by atoms with Gasteiger partial charge in [-0.3, -0.25) is 9.59 Å². The standard InChI is InChI=1S/C47H84N2O3S/c1-10-11-12-13-14-15-16-17-31-49(45(51)53-34-37(5)48(8)9)32-19-22-44(50)52-39-27-29-46(6)38(33-39)23-24-40-42-26-25-41(36(4)21-18-20-35(2)3)47(42,7)30-28-43(40)46/h23,35-37,39-43H,10-22,24-34H2,1-9H3/t36-,37?,39+,40+,41-,42+,43+,46+,47-/m1/s1. The Morgan fingerprint density at radius 2 is 1.55 bits per heavy atom. The summed E-state index contributed by atoms with van der Waals surface area (Å²) in [5.74, 6) is 5.78. The molecule has 9 atom stereocenters. The van der Waals surface area contributed by atoms with Crippen LogP contribution in [0.4, 0.5) is 4.79 Å². The Labute approximate surface area is 332 Å². The lowest BCUT2D eigenvalue weighted by Gasteiger charge is -2.58. The van der Waals surface area contributed by atoms with Gasteiger partial charge in [0.15, 0.2) is 0 Å². The molecule has 306 valence electrons. The lowest BCUT2D eigenvalue weighted by Crippen LogP contribution is -2.51. The first-order valence-corrected chi connectivity index (χ1v) is 23.8. The molecule has 3 saturated carbocycles. The van der Waals surface area contributed by atoms with Crippen molar-refractivity contribution in [3.8, 4) is 0 Å². The molecule has 0 aromatic heterocycles. The van der Waals surface area contributed by atoms with Crippen molar-refractivity contribution in [3.63, 3.8) is 0 Å². The van der Waals surface area contributed by atoms with Gasteiger partial charge < -0.3 is 14.5 Å². The van der Waals surface area contributed by atoms with Crippen molar-refractivity contribution >= 4 is 23.0 Å². The van der Waals surface area contributed by atoms with E-state index in [-0.39, 0.29) is 22.7 Å². The summed E-state index contributed by atoms with van der Waals surface area (Å²) in [5, 5.41) is 0.163. The molecule has 0 bridgehead atoms. The van der Waals surface area contributed by atoms with Gasteiger partial charge >= 0.3 is 5.97 Å². The minimum absolute atomic E-state index is 0.00733. The van der Waals surface area contributed by atoms with E-state index in [0.717, 1.165) is 73.5 Å². The summed E-state index contributed by atoms with van der Waals surface area (Å²) in [7, 11) is 4.14. The highest BCUT2D eigenvalue weighted by Gasteiger charge is 2.59. The van der Waals surface area contributed by atoms with E-state index in [0.29, 0.717) is 30.8 Å². The van der Waals surface area contributed by atoms with Crippen molar-refractivity contribution in [1.29, 1.82) is 0 Å². The first kappa shape index (κ1) is 44.7. The Kier molecular flexibility index (Phi) is 18.1. The summed E-state index contributed by atoms with van der Waals surface area (Å²) < 4.78 is 6.20. The highest BCUT2D eigenvalue weighted by Crippen LogP contribution is 2.67. The van der Waals surface area contributed by atoms with E-state index in [1.807, 2.05) is 4.90 Å². The lowest BCUT2D eigenvalue weighted by molar-refractivity contribution is -0.151. The van der Waals surface area contributed by atoms with Crippen LogP contribution in [-0.2, 0) is 9.53 Å². The number of nitrogens with zero attached hydrogens (tertiary/aromatic N) is 2. The van der Waals surface area contributed by atoms with E-state index in [1.165, 1.54) is 108 Å². The molecule has 0 heterocycles. The average Bonchev–Trinajstić information content (AvgIpc) is 3.48. The number of carbonyl (C=O) groups is 2. The molecule has 0 aromatic carbocycles. The van der Waals surface area contributed by atoms with E-state index in [9.17, 15) is 9.59 Å². The van der Waals surface area contributed by atoms with Crippen LogP contribution in [0.1, 0.15) is 183 Å². The van der Waals surface area contributed by atoms with E-state index in [2.05, 4.69) is 73.5 Å². The molecule has 6 heteroatoms. The van der Waals surface area contributed by atoms with Gasteiger partial charge in [-0.2, -0.15) is 0 Å². The summed E-state index contributed by atoms with van der Waals surface area (Å²) in [6.07, 6.45) is 27.9. The molecule has 1 unspecified atom stereocenters. The van der Waals surface area contributed by atoms with Gasteiger partial charge in [-0.05, 0) is 125 Å². The van der Waals surface area contributed by atoms with Crippen LogP contribution in [0.25, 0.3) is 0 Å². The topological polar surface area (TPSA) is 49.9 Å². The van der Waals surface area contributed by atoms with Crippen LogP contribution in [0, 0.1) is 46.3 Å². The highest BCUT2D eigenvalue weighted by atomic mass is 32.2. The van der Waals surface area contributed by atoms with Gasteiger partial charge in [-0.25, -0.2) is 0 Å². The quantitative estimate of drug-likeness (QED) is 0.0625. The maximum atomic E-state index is 13.3. The fourth-order valence-electron chi connectivity index (χ4n) is 11.6. The molecule has 4 aliphatic rings. The second kappa shape index (κ2) is 21.5. The zero-order valence-corrected chi connectivity index (χ0v) is 37.0. The van der Waals surface area contributed by atoms with Gasteiger partial charge in [-0.1, -0.05) is 129 Å². The molecule has 5 nitrogen and oxygen atoms in total. The van der Waals surface area contributed by atoms with Crippen LogP contribution in [0.15, 0.2) is 11.6 Å². The highest BCUT2D eigenvalue weighted by molar-refractivity contribution is 8.13. The van der Waals surface area contributed by atoms with Crippen molar-refractivity contribution in [2.45, 2.75) is 195 Å². The van der Waals surface area contributed by atoms with Crippen LogP contribution in [0.3, 0.4) is 0 Å². The molecule has 53 heavy (non-hydrogen) atoms. The zero-order valence-electron chi connectivity index (χ0n) is 36.2. The zero-order chi connectivity index (χ0) is 38.6. The molecule has 0 aliphatic heterocycles. The number of esters is 1. The first-order chi connectivity index (χ1) is 25.3. The normalized spacial score (nSPS) is 30.7. The van der Waals surface area contributed by atoms with Gasteiger partial charge in [0.2, 0.25) is 0 Å². The van der Waals surface area contributed by atoms with Gasteiger partial charge in [-0.15, -0.1) is 0 Å². The van der Waals surface area contributed by atoms with Gasteiger partial charge in [0.05, 0.1) is 0 Å². The molecule has 3 fully saturated rings. The SMILES string of the molecule is CCCCCCCCCCN(CCCC(=O)O[C@H]1CC[C@@]2(C)C(=CC[C@H]3[C@@H]4CC[C@H]([C@H](C)CCCC(C)C)[C@@]4(C)CC[C@@H]32)C1)C(=O)SCC(C)N(C)C. The third-order valence-corrected chi connectivity index (χ3v) is 16.4. The molecular weight excluding hydrogens is 673 g/mol. The predicted molar refractivity (Wildman–Crippen MR) is 227 cm³/mol. The van der Waals surface area contributed by atoms with E-state index < -0.39 is 0 Å². The monoisotopic (exact) mass is 757 g/mol.